The van der Waals surface area contributed by atoms with Gasteiger partial charge in [0.15, 0.2) is 0 Å². The van der Waals surface area contributed by atoms with Crippen LogP contribution in [0.2, 0.25) is 0 Å². The minimum atomic E-state index is -8.62. The molecule has 0 aliphatic rings. The molecule has 0 aromatic rings. The van der Waals surface area contributed by atoms with E-state index in [1.807, 2.05) is 13.8 Å². The van der Waals surface area contributed by atoms with E-state index in [1.165, 1.54) is 0 Å². The van der Waals surface area contributed by atoms with Crippen LogP contribution in [-0.4, -0.2) is 53.2 Å². The number of hydrogen-bond donors (Lipinski definition) is 1. The Kier molecular flexibility index (Phi) is 15.3. The molecule has 0 saturated heterocycles. The van der Waals surface area contributed by atoms with Crippen molar-refractivity contribution in [1.82, 2.24) is 0 Å². The average molecular weight is 702 g/mol. The van der Waals surface area contributed by atoms with Gasteiger partial charge in [-0.05, 0) is 19.3 Å². The van der Waals surface area contributed by atoms with Gasteiger partial charge >= 0.3 is 47.6 Å². The molecule has 0 aliphatic heterocycles. The van der Waals surface area contributed by atoms with E-state index in [0.717, 1.165) is 38.5 Å². The van der Waals surface area contributed by atoms with Crippen LogP contribution in [0.4, 0.5) is 74.6 Å². The summed E-state index contributed by atoms with van der Waals surface area (Å²) in [5, 5.41) is 0. The maximum Gasteiger partial charge on any atom is 0.460 e. The van der Waals surface area contributed by atoms with Crippen molar-refractivity contribution in [1.29, 1.82) is 0 Å². The minimum Gasteiger partial charge on any atom is -0.325 e. The monoisotopic (exact) mass is 701 g/mol. The molecule has 18 heteroatoms. The zero-order chi connectivity index (χ0) is 35.8. The molecule has 0 atom stereocenters. The van der Waals surface area contributed by atoms with Gasteiger partial charge in [0, 0.05) is 12.0 Å². The summed E-state index contributed by atoms with van der Waals surface area (Å²) in [5.41, 5.74) is 4.35. The summed E-state index contributed by atoms with van der Waals surface area (Å²) >= 11 is 0. The highest BCUT2D eigenvalue weighted by Gasteiger charge is 2.95. The number of unbranched alkanes of at least 4 members (excludes halogenated alkanes) is 10. The predicted molar refractivity (Wildman–Crippen MR) is 133 cm³/mol. The summed E-state index contributed by atoms with van der Waals surface area (Å²) < 4.78 is 231. The fourth-order valence-electron chi connectivity index (χ4n) is 4.65. The van der Waals surface area contributed by atoms with Gasteiger partial charge in [-0.1, -0.05) is 90.9 Å². The van der Waals surface area contributed by atoms with E-state index in [4.69, 9.17) is 5.73 Å². The predicted octanol–water partition coefficient (Wildman–Crippen LogP) is 12.0. The molecule has 272 valence electrons. The fraction of sp³-hybridized carbons (Fsp3) is 1.00. The lowest BCUT2D eigenvalue weighted by Gasteiger charge is -2.43. The number of halogens is 17. The van der Waals surface area contributed by atoms with Crippen LogP contribution in [0.5, 0.6) is 0 Å². The second kappa shape index (κ2) is 15.8. The van der Waals surface area contributed by atoms with Gasteiger partial charge in [-0.2, -0.15) is 74.6 Å². The average Bonchev–Trinajstić information content (AvgIpc) is 2.90. The Morgan fingerprint density at radius 2 is 0.622 bits per heavy atom. The molecule has 0 saturated carbocycles. The molecule has 0 spiro atoms. The van der Waals surface area contributed by atoms with Crippen molar-refractivity contribution >= 4 is 0 Å². The highest BCUT2D eigenvalue weighted by molar-refractivity contribution is 5.15. The van der Waals surface area contributed by atoms with Crippen LogP contribution in [0.15, 0.2) is 0 Å². The molecule has 45 heavy (non-hydrogen) atoms. The molecular weight excluding hydrogens is 661 g/mol. The second-order valence-electron chi connectivity index (χ2n) is 11.5. The summed E-state index contributed by atoms with van der Waals surface area (Å²) in [4.78, 5) is 0. The summed E-state index contributed by atoms with van der Waals surface area (Å²) in [7, 11) is 0. The standard InChI is InChI=1S/C27H40F17N/c1-3-5-7-9-11-13-15-19(45,16-14-12-10-8-6-4-2)17-18-20(28,29)21(30,31)22(32,33)23(34,35)24(36,37)25(38,39)26(40,41)27(42,43)44/h3-18,45H2,1-2H3. The van der Waals surface area contributed by atoms with Crippen molar-refractivity contribution in [3.63, 3.8) is 0 Å². The lowest BCUT2D eigenvalue weighted by Crippen LogP contribution is -2.74. The van der Waals surface area contributed by atoms with Crippen LogP contribution in [0, 0.1) is 0 Å². The van der Waals surface area contributed by atoms with E-state index in [0.29, 0.717) is 25.7 Å². The zero-order valence-electron chi connectivity index (χ0n) is 24.8. The lowest BCUT2D eigenvalue weighted by molar-refractivity contribution is -0.461. The third kappa shape index (κ3) is 9.44. The van der Waals surface area contributed by atoms with Crippen molar-refractivity contribution in [3.8, 4) is 0 Å². The molecule has 0 amide bonds. The van der Waals surface area contributed by atoms with E-state index in [1.54, 1.807) is 0 Å². The van der Waals surface area contributed by atoms with Gasteiger partial charge < -0.3 is 5.73 Å². The first-order valence-corrected chi connectivity index (χ1v) is 14.6. The van der Waals surface area contributed by atoms with Crippen molar-refractivity contribution in [2.24, 2.45) is 5.73 Å². The molecule has 0 fully saturated rings. The first-order chi connectivity index (χ1) is 20.1. The second-order valence-corrected chi connectivity index (χ2v) is 11.5. The van der Waals surface area contributed by atoms with Crippen LogP contribution in [0.25, 0.3) is 0 Å². The van der Waals surface area contributed by atoms with Gasteiger partial charge in [0.25, 0.3) is 0 Å². The summed E-state index contributed by atoms with van der Waals surface area (Å²) in [5.74, 6) is -56.2. The summed E-state index contributed by atoms with van der Waals surface area (Å²) in [6.45, 7) is 3.84. The fourth-order valence-corrected chi connectivity index (χ4v) is 4.65. The van der Waals surface area contributed by atoms with Gasteiger partial charge in [-0.3, -0.25) is 0 Å². The van der Waals surface area contributed by atoms with Crippen LogP contribution in [0.1, 0.15) is 117 Å². The van der Waals surface area contributed by atoms with Gasteiger partial charge in [-0.25, -0.2) is 0 Å². The molecule has 0 bridgehead atoms. The van der Waals surface area contributed by atoms with Crippen LogP contribution in [-0.2, 0) is 0 Å². The third-order valence-electron chi connectivity index (χ3n) is 7.78. The highest BCUT2D eigenvalue weighted by Crippen LogP contribution is 2.64. The number of nitrogens with two attached hydrogens (primary N) is 1. The topological polar surface area (TPSA) is 26.0 Å². The van der Waals surface area contributed by atoms with E-state index in [-0.39, 0.29) is 25.7 Å². The largest absolute Gasteiger partial charge is 0.460 e. The van der Waals surface area contributed by atoms with Gasteiger partial charge in [0.05, 0.1) is 0 Å². The molecule has 2 N–H and O–H groups in total. The maximum atomic E-state index is 14.5. The molecule has 0 heterocycles. The molecule has 0 radical (unpaired) electrons. The summed E-state index contributed by atoms with van der Waals surface area (Å²) in [6.07, 6.45) is -3.85. The molecule has 0 rings (SSSR count). The highest BCUT2D eigenvalue weighted by atomic mass is 19.4. The number of hydrogen-bond acceptors (Lipinski definition) is 1. The van der Waals surface area contributed by atoms with Crippen molar-refractivity contribution in [3.05, 3.63) is 0 Å². The number of alkyl halides is 17. The van der Waals surface area contributed by atoms with E-state index in [2.05, 4.69) is 0 Å². The zero-order valence-corrected chi connectivity index (χ0v) is 24.8. The molecule has 0 aromatic carbocycles. The van der Waals surface area contributed by atoms with Gasteiger partial charge in [0.1, 0.15) is 0 Å². The third-order valence-corrected chi connectivity index (χ3v) is 7.78. The smallest absolute Gasteiger partial charge is 0.325 e. The van der Waals surface area contributed by atoms with Crippen LogP contribution >= 0.6 is 0 Å². The lowest BCUT2D eigenvalue weighted by atomic mass is 9.80. The SMILES string of the molecule is CCCCCCCCC(N)(CCCCCCCC)CCC(F)(F)C(F)(F)C(F)(F)C(F)(F)C(F)(F)C(F)(F)C(F)(F)C(F)(F)F. The van der Waals surface area contributed by atoms with Crippen LogP contribution in [0.3, 0.4) is 0 Å². The maximum absolute atomic E-state index is 14.5. The first-order valence-electron chi connectivity index (χ1n) is 14.6. The molecule has 0 aromatic heterocycles. The first kappa shape index (κ1) is 43.8. The van der Waals surface area contributed by atoms with E-state index < -0.39 is 66.0 Å². The van der Waals surface area contributed by atoms with Crippen molar-refractivity contribution < 1.29 is 74.6 Å². The summed E-state index contributed by atoms with van der Waals surface area (Å²) in [6, 6.07) is 0. The van der Waals surface area contributed by atoms with Crippen LogP contribution < -0.4 is 5.73 Å². The van der Waals surface area contributed by atoms with E-state index in [9.17, 15) is 74.6 Å². The van der Waals surface area contributed by atoms with Gasteiger partial charge in [0.2, 0.25) is 0 Å². The minimum absolute atomic E-state index is 0.126. The molecule has 0 unspecified atom stereocenters. The Hall–Kier alpha value is -1.23. The van der Waals surface area contributed by atoms with Crippen molar-refractivity contribution in [2.45, 2.75) is 170 Å². The molecular formula is C27H40F17N. The molecule has 0 aliphatic carbocycles. The number of rotatable bonds is 23. The van der Waals surface area contributed by atoms with Crippen molar-refractivity contribution in [2.75, 3.05) is 0 Å². The Balaban J connectivity index is 6.17. The Labute approximate surface area is 250 Å². The normalized spacial score (nSPS) is 15.2. The quantitative estimate of drug-likeness (QED) is 0.0833. The Bertz CT molecular complexity index is 852. The Morgan fingerprint density at radius 1 is 0.333 bits per heavy atom. The van der Waals surface area contributed by atoms with Gasteiger partial charge in [-0.15, -0.1) is 0 Å². The van der Waals surface area contributed by atoms with E-state index >= 15 is 0 Å². The molecule has 1 nitrogen and oxygen atoms in total. The Morgan fingerprint density at radius 3 is 0.956 bits per heavy atom.